The molecule has 0 saturated carbocycles. The Bertz CT molecular complexity index is 1840. The minimum atomic E-state index is -4.33. The molecule has 0 aliphatic carbocycles. The summed E-state index contributed by atoms with van der Waals surface area (Å²) in [5.41, 5.74) is 24.6. The molecule has 3 fully saturated rings. The van der Waals surface area contributed by atoms with E-state index in [9.17, 15) is 14.8 Å². The van der Waals surface area contributed by atoms with Gasteiger partial charge in [-0.1, -0.05) is 0 Å². The number of hydrogen-bond acceptors (Lipinski definition) is 20. The van der Waals surface area contributed by atoms with E-state index in [0.29, 0.717) is 22.3 Å². The Balaban J connectivity index is 1.21. The molecule has 0 radical (unpaired) electrons. The molecule has 0 amide bonds. The number of hydrogen-bond donors (Lipinski definition) is 8. The first kappa shape index (κ1) is 34.3. The van der Waals surface area contributed by atoms with Crippen LogP contribution in [0.3, 0.4) is 0 Å². The van der Waals surface area contributed by atoms with Crippen LogP contribution in [-0.4, -0.2) is 119 Å². The molecule has 0 bridgehead atoms. The van der Waals surface area contributed by atoms with Crippen LogP contribution in [0.25, 0.3) is 22.3 Å². The van der Waals surface area contributed by atoms with E-state index in [1.807, 2.05) is 0 Å². The van der Waals surface area contributed by atoms with Crippen molar-refractivity contribution in [2.45, 2.75) is 49.1 Å². The molecule has 9 atom stereocenters. The van der Waals surface area contributed by atoms with Gasteiger partial charge in [-0.05, 0) is 0 Å². The molecule has 1 spiro atoms. The summed E-state index contributed by atoms with van der Waals surface area (Å²) in [6.45, 7) is -0.179. The predicted octanol–water partition coefficient (Wildman–Crippen LogP) is -2.05. The van der Waals surface area contributed by atoms with Crippen LogP contribution in [0.15, 0.2) is 25.3 Å². The predicted molar refractivity (Wildman–Crippen MR) is 169 cm³/mol. The number of aliphatic hydroxyl groups is 2. The summed E-state index contributed by atoms with van der Waals surface area (Å²) in [5.74, 6) is -1.48. The zero-order valence-electron chi connectivity index (χ0n) is 25.8. The molecular weight excluding hydrogens is 690 g/mol. The Morgan fingerprint density at radius 1 is 0.959 bits per heavy atom. The fourth-order valence-electron chi connectivity index (χ4n) is 5.72. The number of nitrogens with zero attached hydrogens (tertiary/aromatic N) is 8. The van der Waals surface area contributed by atoms with Gasteiger partial charge in [0.2, 0.25) is 5.79 Å². The first-order valence-electron chi connectivity index (χ1n) is 15.1. The lowest BCUT2D eigenvalue weighted by Crippen LogP contribution is -2.39. The van der Waals surface area contributed by atoms with Crippen molar-refractivity contribution in [3.8, 4) is 0 Å². The van der Waals surface area contributed by atoms with Gasteiger partial charge in [-0.3, -0.25) is 22.7 Å². The monoisotopic (exact) mass is 726 g/mol. The molecule has 7 rings (SSSR count). The van der Waals surface area contributed by atoms with Crippen LogP contribution in [0.5, 0.6) is 0 Å². The lowest BCUT2D eigenvalue weighted by molar-refractivity contribution is -0.207. The SMILES string of the molecule is NCCNP1OCC2OC(n3cnc4c(N)ncnc43)C(O)C2OP(=O)(NCCN)OCC2(CC(O)C(n3cnc4c(N)ncnc43)O2)O1. The zero-order valence-corrected chi connectivity index (χ0v) is 27.5. The van der Waals surface area contributed by atoms with Crippen molar-refractivity contribution in [1.29, 1.82) is 0 Å². The van der Waals surface area contributed by atoms with E-state index in [2.05, 4.69) is 40.1 Å². The molecule has 9 unspecified atom stereocenters. The van der Waals surface area contributed by atoms with Crippen LogP contribution in [0.1, 0.15) is 18.9 Å². The second kappa shape index (κ2) is 13.9. The van der Waals surface area contributed by atoms with Crippen LogP contribution in [0.4, 0.5) is 11.6 Å². The molecule has 25 heteroatoms. The summed E-state index contributed by atoms with van der Waals surface area (Å²) in [5, 5.41) is 28.7. The highest BCUT2D eigenvalue weighted by Crippen LogP contribution is 2.54. The third-order valence-electron chi connectivity index (χ3n) is 7.97. The van der Waals surface area contributed by atoms with Gasteiger partial charge < -0.3 is 47.1 Å². The number of aromatic nitrogens is 8. The van der Waals surface area contributed by atoms with Gasteiger partial charge in [0.05, 0.1) is 19.3 Å². The van der Waals surface area contributed by atoms with Crippen molar-refractivity contribution in [3.63, 3.8) is 0 Å². The van der Waals surface area contributed by atoms with E-state index < -0.39 is 65.5 Å². The minimum Gasteiger partial charge on any atom is -0.388 e. The Morgan fingerprint density at radius 3 is 2.27 bits per heavy atom. The average Bonchev–Trinajstić information content (AvgIpc) is 3.85. The summed E-state index contributed by atoms with van der Waals surface area (Å²) in [6.07, 6.45) is -2.01. The summed E-state index contributed by atoms with van der Waals surface area (Å²) in [4.78, 5) is 24.9. The molecule has 23 nitrogen and oxygen atoms in total. The smallest absolute Gasteiger partial charge is 0.388 e. The molecule has 4 aromatic rings. The largest absolute Gasteiger partial charge is 0.406 e. The summed E-state index contributed by atoms with van der Waals surface area (Å²) in [7, 11) is -6.37. The Hall–Kier alpha value is -3.12. The normalized spacial score (nSPS) is 34.1. The number of aliphatic hydroxyl groups excluding tert-OH is 2. The van der Waals surface area contributed by atoms with E-state index in [4.69, 9.17) is 50.5 Å². The number of ether oxygens (including phenoxy) is 2. The van der Waals surface area contributed by atoms with Gasteiger partial charge in [-0.15, -0.1) is 0 Å². The number of nitrogen functional groups attached to an aromatic ring is 2. The third-order valence-corrected chi connectivity index (χ3v) is 10.9. The Kier molecular flexibility index (Phi) is 9.73. The summed E-state index contributed by atoms with van der Waals surface area (Å²) >= 11 is 0. The number of imidazole rings is 2. The third kappa shape index (κ3) is 6.59. The number of nitrogens with two attached hydrogens (primary N) is 4. The molecule has 12 N–H and O–H groups in total. The first-order valence-corrected chi connectivity index (χ1v) is 17.9. The Morgan fingerprint density at radius 2 is 1.61 bits per heavy atom. The van der Waals surface area contributed by atoms with Gasteiger partial charge in [-0.2, -0.15) is 0 Å². The van der Waals surface area contributed by atoms with Crippen LogP contribution >= 0.6 is 16.3 Å². The maximum Gasteiger partial charge on any atom is 0.406 e. The van der Waals surface area contributed by atoms with E-state index >= 15 is 0 Å². The summed E-state index contributed by atoms with van der Waals surface area (Å²) < 4.78 is 54.5. The lowest BCUT2D eigenvalue weighted by atomic mass is 10.1. The van der Waals surface area contributed by atoms with Gasteiger partial charge in [-0.25, -0.2) is 44.6 Å². The maximum atomic E-state index is 14.4. The number of anilines is 2. The fourth-order valence-corrected chi connectivity index (χ4v) is 8.58. The lowest BCUT2D eigenvalue weighted by Gasteiger charge is -2.33. The molecule has 49 heavy (non-hydrogen) atoms. The second-order valence-corrected chi connectivity index (χ2v) is 14.3. The molecule has 3 aliphatic rings. The van der Waals surface area contributed by atoms with Crippen molar-refractivity contribution in [3.05, 3.63) is 25.3 Å². The molecule has 4 aromatic heterocycles. The van der Waals surface area contributed by atoms with Crippen LogP contribution in [0.2, 0.25) is 0 Å². The maximum absolute atomic E-state index is 14.4. The first-order chi connectivity index (χ1) is 23.6. The summed E-state index contributed by atoms with van der Waals surface area (Å²) in [6, 6.07) is 0. The van der Waals surface area contributed by atoms with E-state index in [1.54, 1.807) is 0 Å². The van der Waals surface area contributed by atoms with Gasteiger partial charge in [0.25, 0.3) is 8.53 Å². The highest BCUT2D eigenvalue weighted by atomic mass is 31.2. The molecule has 3 aliphatic heterocycles. The van der Waals surface area contributed by atoms with Crippen molar-refractivity contribution in [1.82, 2.24) is 49.2 Å². The van der Waals surface area contributed by atoms with Gasteiger partial charge >= 0.3 is 7.75 Å². The molecular formula is C24H36N14O9P2. The fraction of sp³-hybridized carbons (Fsp3) is 0.583. The Labute approximate surface area is 278 Å². The number of fused-ring (bicyclic) bond motifs is 3. The molecule has 3 saturated heterocycles. The van der Waals surface area contributed by atoms with Crippen LogP contribution < -0.4 is 33.1 Å². The zero-order chi connectivity index (χ0) is 34.3. The van der Waals surface area contributed by atoms with E-state index in [-0.39, 0.29) is 50.8 Å². The van der Waals surface area contributed by atoms with Crippen LogP contribution in [0, 0.1) is 0 Å². The van der Waals surface area contributed by atoms with Gasteiger partial charge in [0, 0.05) is 32.6 Å². The topological polar surface area (TPSA) is 328 Å². The highest BCUT2D eigenvalue weighted by molar-refractivity contribution is 7.51. The number of nitrogens with one attached hydrogen (secondary N) is 2. The second-order valence-electron chi connectivity index (χ2n) is 11.3. The number of rotatable bonds is 8. The van der Waals surface area contributed by atoms with E-state index in [0.717, 1.165) is 0 Å². The van der Waals surface area contributed by atoms with Crippen molar-refractivity contribution in [2.75, 3.05) is 50.9 Å². The molecule has 7 heterocycles. The van der Waals surface area contributed by atoms with Gasteiger partial charge in [0.15, 0.2) is 35.4 Å². The average molecular weight is 727 g/mol. The molecule has 0 aromatic carbocycles. The van der Waals surface area contributed by atoms with E-state index in [1.165, 1.54) is 34.4 Å². The van der Waals surface area contributed by atoms with Crippen molar-refractivity contribution in [2.24, 2.45) is 11.5 Å². The van der Waals surface area contributed by atoms with Crippen molar-refractivity contribution >= 4 is 50.2 Å². The van der Waals surface area contributed by atoms with Gasteiger partial charge in [0.1, 0.15) is 54.7 Å². The van der Waals surface area contributed by atoms with Crippen LogP contribution in [-0.2, 0) is 32.1 Å². The van der Waals surface area contributed by atoms with Crippen molar-refractivity contribution < 1.29 is 42.3 Å². The standard InChI is InChI=1S/C24H36N14O9P2/c25-1-3-35-48-42-6-13-17(16(40)23(44-13)38-11-34-15-19(28)30-9-32-21(15)38)46-49(41,36-4-2-26)43-7-24(47-48)5-12(39)22(45-24)37-10-33-14-18(27)29-8-31-20(14)37/h8-13,16-17,22-23,35,39-40H,1-7,25-26H2,(H,36,41)(H2,27,29,31)(H2,28,30,32). The quantitative estimate of drug-likeness (QED) is 0.0905. The molecule has 266 valence electrons. The highest BCUT2D eigenvalue weighted by Gasteiger charge is 2.55. The minimum absolute atomic E-state index is 0.0147.